The molecular formula is C41H52N4O9Si. The summed E-state index contributed by atoms with van der Waals surface area (Å²) in [6, 6.07) is 19.9. The minimum absolute atomic E-state index is 0.0198. The van der Waals surface area contributed by atoms with Crippen LogP contribution in [0, 0.1) is 5.92 Å². The Morgan fingerprint density at radius 1 is 0.982 bits per heavy atom. The van der Waals surface area contributed by atoms with Crippen LogP contribution >= 0.6 is 0 Å². The van der Waals surface area contributed by atoms with E-state index in [1.807, 2.05) is 37.3 Å². The van der Waals surface area contributed by atoms with Gasteiger partial charge in [0.1, 0.15) is 18.0 Å². The zero-order valence-electron chi connectivity index (χ0n) is 32.2. The molecule has 0 radical (unpaired) electrons. The van der Waals surface area contributed by atoms with E-state index in [4.69, 9.17) is 9.47 Å². The monoisotopic (exact) mass is 772 g/mol. The van der Waals surface area contributed by atoms with Crippen molar-refractivity contribution < 1.29 is 44.0 Å². The lowest BCUT2D eigenvalue weighted by molar-refractivity contribution is -0.150. The van der Waals surface area contributed by atoms with E-state index in [-0.39, 0.29) is 43.0 Å². The number of hydrogen-bond donors (Lipinski definition) is 5. The molecule has 0 bridgehead atoms. The average Bonchev–Trinajstić information content (AvgIpc) is 3.82. The molecule has 14 heteroatoms. The highest BCUT2D eigenvalue weighted by atomic mass is 28.3. The summed E-state index contributed by atoms with van der Waals surface area (Å²) in [6.07, 6.45) is -1.62. The third kappa shape index (κ3) is 7.53. The van der Waals surface area contributed by atoms with E-state index in [1.54, 1.807) is 53.3 Å². The first-order valence-electron chi connectivity index (χ1n) is 18.9. The summed E-state index contributed by atoms with van der Waals surface area (Å²) in [6.45, 7) is 9.74. The van der Waals surface area contributed by atoms with Crippen LogP contribution in [0.1, 0.15) is 51.2 Å². The zero-order chi connectivity index (χ0) is 39.8. The van der Waals surface area contributed by atoms with Gasteiger partial charge >= 0.3 is 0 Å². The van der Waals surface area contributed by atoms with E-state index < -0.39 is 49.7 Å². The van der Waals surface area contributed by atoms with Gasteiger partial charge in [-0.2, -0.15) is 0 Å². The summed E-state index contributed by atoms with van der Waals surface area (Å²) in [5, 5.41) is 36.4. The van der Waals surface area contributed by atoms with Gasteiger partial charge in [-0.15, -0.1) is 0 Å². The fraction of sp³-hybridized carbons (Fsp3) is 0.463. The second-order valence-electron chi connectivity index (χ2n) is 15.6. The van der Waals surface area contributed by atoms with Crippen molar-refractivity contribution in [3.05, 3.63) is 77.9 Å². The number of aliphatic hydroxyl groups excluding tert-OH is 3. The van der Waals surface area contributed by atoms with Crippen LogP contribution in [0.3, 0.4) is 0 Å². The number of anilines is 3. The number of ether oxygens (including phenoxy) is 2. The Labute approximate surface area is 322 Å². The normalized spacial score (nSPS) is 24.5. The lowest BCUT2D eigenvalue weighted by atomic mass is 9.82. The summed E-state index contributed by atoms with van der Waals surface area (Å²) in [7, 11) is -0.989. The van der Waals surface area contributed by atoms with Crippen molar-refractivity contribution in [2.24, 2.45) is 5.92 Å². The summed E-state index contributed by atoms with van der Waals surface area (Å²) in [5.41, 5.74) is 0.861. The molecule has 5 N–H and O–H groups in total. The molecule has 7 atom stereocenters. The molecule has 1 spiro atoms. The fourth-order valence-electron chi connectivity index (χ4n) is 8.81. The van der Waals surface area contributed by atoms with Gasteiger partial charge in [0.25, 0.3) is 17.7 Å². The molecule has 3 heterocycles. The molecule has 3 aliphatic heterocycles. The lowest BCUT2D eigenvalue weighted by Crippen LogP contribution is -2.52. The molecule has 6 rings (SSSR count). The first-order valence-corrected chi connectivity index (χ1v) is 22.0. The molecule has 0 saturated carbocycles. The molecule has 4 amide bonds. The molecule has 3 aliphatic rings. The number of nitrogens with zero attached hydrogens (tertiary/aromatic N) is 2. The molecule has 0 aromatic heterocycles. The van der Waals surface area contributed by atoms with Gasteiger partial charge in [0.2, 0.25) is 5.91 Å². The fourth-order valence-corrected chi connectivity index (χ4v) is 12.8. The summed E-state index contributed by atoms with van der Waals surface area (Å²) >= 11 is 0. The minimum atomic E-state index is -2.60. The Balaban J connectivity index is 1.46. The van der Waals surface area contributed by atoms with Crippen LogP contribution < -0.4 is 25.5 Å². The Morgan fingerprint density at radius 3 is 2.25 bits per heavy atom. The number of aliphatic hydroxyl groups is 3. The van der Waals surface area contributed by atoms with E-state index in [9.17, 15) is 29.7 Å². The summed E-state index contributed by atoms with van der Waals surface area (Å²) in [5.74, 6) is -1.35. The lowest BCUT2D eigenvalue weighted by Gasteiger charge is -2.37. The molecule has 13 nitrogen and oxygen atoms in total. The van der Waals surface area contributed by atoms with Crippen LogP contribution in [0.2, 0.25) is 18.6 Å². The molecule has 2 fully saturated rings. The number of nitrogens with one attached hydrogen (secondary N) is 2. The quantitative estimate of drug-likeness (QED) is 0.173. The highest BCUT2D eigenvalue weighted by Gasteiger charge is 2.66. The summed E-state index contributed by atoms with van der Waals surface area (Å²) < 4.78 is 12.6. The van der Waals surface area contributed by atoms with Crippen LogP contribution in [0.15, 0.2) is 66.7 Å². The number of rotatable bonds is 12. The minimum Gasteiger partial charge on any atom is -0.497 e. The zero-order valence-corrected chi connectivity index (χ0v) is 33.2. The third-order valence-corrected chi connectivity index (χ3v) is 16.0. The molecule has 294 valence electrons. The Kier molecular flexibility index (Phi) is 11.6. The second-order valence-corrected chi connectivity index (χ2v) is 20.3. The topological polar surface area (TPSA) is 178 Å². The number of amides is 4. The maximum atomic E-state index is 15.3. The number of carbonyl (C=O) groups is 4. The van der Waals surface area contributed by atoms with Crippen molar-refractivity contribution in [3.63, 3.8) is 0 Å². The van der Waals surface area contributed by atoms with Crippen molar-refractivity contribution in [3.8, 4) is 5.75 Å². The molecule has 3 aromatic carbocycles. The predicted molar refractivity (Wildman–Crippen MR) is 211 cm³/mol. The van der Waals surface area contributed by atoms with Crippen molar-refractivity contribution in [2.45, 2.75) is 95.2 Å². The molecule has 0 aliphatic carbocycles. The van der Waals surface area contributed by atoms with Crippen LogP contribution in [-0.4, -0.2) is 96.5 Å². The van der Waals surface area contributed by atoms with Gasteiger partial charge in [-0.1, -0.05) is 49.5 Å². The van der Waals surface area contributed by atoms with Crippen LogP contribution in [0.4, 0.5) is 17.1 Å². The number of hydrogen-bond acceptors (Lipinski definition) is 9. The van der Waals surface area contributed by atoms with Crippen LogP contribution in [0.5, 0.6) is 5.75 Å². The molecular weight excluding hydrogens is 721 g/mol. The van der Waals surface area contributed by atoms with Crippen molar-refractivity contribution in [1.82, 2.24) is 4.90 Å². The van der Waals surface area contributed by atoms with Crippen LogP contribution in [0.25, 0.3) is 0 Å². The Hall–Kier alpha value is -4.60. The number of likely N-dealkylation sites (tertiary alicyclic amines) is 1. The average molecular weight is 773 g/mol. The van der Waals surface area contributed by atoms with Crippen LogP contribution in [-0.2, 0) is 36.1 Å². The molecule has 2 saturated heterocycles. The van der Waals surface area contributed by atoms with Crippen molar-refractivity contribution >= 4 is 54.0 Å². The van der Waals surface area contributed by atoms with E-state index in [0.717, 1.165) is 18.0 Å². The largest absolute Gasteiger partial charge is 0.497 e. The summed E-state index contributed by atoms with van der Waals surface area (Å²) in [4.78, 5) is 57.8. The Morgan fingerprint density at radius 2 is 1.64 bits per heavy atom. The maximum Gasteiger partial charge on any atom is 0.264 e. The standard InChI is InChI=1S/C41H52N4O9Si/c1-24-37(55(5,6)32-15-13-31(53-4)14-16-32)35(21-36(49)44-18-8-11-30(44)23-46)54-41(24)33-20-29(43-39(51)26(3)48)12-17-34(33)45(40(41)52)22-27-9-7-10-28(19-27)42-38(50)25(2)47/h7,9-10,12-17,19-20,24-26,30,35,37,46-48H,8,11,18,21-23H2,1-6H3,(H,42,50)(H,43,51)/t24-,25+,26+,30+,35+,37-,41+/m1/s1. The number of fused-ring (bicyclic) bond motifs is 2. The van der Waals surface area contributed by atoms with Gasteiger partial charge in [0, 0.05) is 29.4 Å². The molecule has 55 heavy (non-hydrogen) atoms. The van der Waals surface area contributed by atoms with Gasteiger partial charge in [0.05, 0.1) is 52.6 Å². The molecule has 3 aromatic rings. The van der Waals surface area contributed by atoms with Gasteiger partial charge in [-0.25, -0.2) is 0 Å². The predicted octanol–water partition coefficient (Wildman–Crippen LogP) is 3.47. The maximum absolute atomic E-state index is 15.3. The van der Waals surface area contributed by atoms with E-state index >= 15 is 4.79 Å². The first kappa shape index (κ1) is 40.1. The van der Waals surface area contributed by atoms with E-state index in [1.165, 1.54) is 13.8 Å². The van der Waals surface area contributed by atoms with Gasteiger partial charge < -0.3 is 45.2 Å². The van der Waals surface area contributed by atoms with Crippen molar-refractivity contribution in [2.75, 3.05) is 35.8 Å². The highest BCUT2D eigenvalue weighted by molar-refractivity contribution is 6.91. The second kappa shape index (κ2) is 15.9. The van der Waals surface area contributed by atoms with E-state index in [2.05, 4.69) is 23.7 Å². The third-order valence-electron chi connectivity index (χ3n) is 11.7. The number of methoxy groups -OCH3 is 1. The SMILES string of the molecule is COc1ccc([Si](C)(C)[C@H]2[C@H](CC(=O)N3CCC[C@H]3CO)O[C@@]3(C(=O)N(Cc4cccc(NC(=O)[C@H](C)O)c4)c4ccc(NC(=O)[C@H](C)O)cc43)[C@@H]2C)cc1. The van der Waals surface area contributed by atoms with Crippen molar-refractivity contribution in [1.29, 1.82) is 0 Å². The van der Waals surface area contributed by atoms with Gasteiger partial charge in [-0.3, -0.25) is 19.2 Å². The Bertz CT molecular complexity index is 1940. The van der Waals surface area contributed by atoms with E-state index in [0.29, 0.717) is 40.5 Å². The number of carbonyl (C=O) groups excluding carboxylic acids is 4. The number of benzene rings is 3. The molecule has 0 unspecified atom stereocenters. The van der Waals surface area contributed by atoms with Gasteiger partial charge in [0.15, 0.2) is 5.60 Å². The highest BCUT2D eigenvalue weighted by Crippen LogP contribution is 2.60. The van der Waals surface area contributed by atoms with Gasteiger partial charge in [-0.05, 0) is 80.3 Å². The first-order chi connectivity index (χ1) is 26.1. The smallest absolute Gasteiger partial charge is 0.264 e.